The highest BCUT2D eigenvalue weighted by atomic mass is 35.5. The number of pyridine rings is 2. The number of aromatic nitrogens is 2. The first-order valence-electron chi connectivity index (χ1n) is 15.2. The van der Waals surface area contributed by atoms with Crippen LogP contribution in [0.1, 0.15) is 40.2 Å². The van der Waals surface area contributed by atoms with Crippen LogP contribution < -0.4 is 16.2 Å². The number of nitrogens with zero attached hydrogens (tertiary/aromatic N) is 6. The first-order chi connectivity index (χ1) is 22.6. The molecule has 3 aromatic rings. The molecule has 1 unspecified atom stereocenters. The van der Waals surface area contributed by atoms with Gasteiger partial charge >= 0.3 is 0 Å². The summed E-state index contributed by atoms with van der Waals surface area (Å²) >= 11 is 19.6. The second kappa shape index (κ2) is 13.1. The molecule has 3 atom stereocenters. The van der Waals surface area contributed by atoms with E-state index in [9.17, 15) is 23.6 Å². The molecule has 1 aromatic carbocycles. The smallest absolute Gasteiger partial charge is 0.276 e. The molecule has 9 nitrogen and oxygen atoms in total. The zero-order valence-electron chi connectivity index (χ0n) is 27.2. The molecular weight excluding hydrogens is 683 g/mol. The number of nitrogens with two attached hydrogens (primary N) is 1. The number of allylic oxidation sites excluding steroid dienone is 2. The van der Waals surface area contributed by atoms with Crippen LogP contribution in [0.3, 0.4) is 0 Å². The van der Waals surface area contributed by atoms with Crippen molar-refractivity contribution in [2.45, 2.75) is 52.7 Å². The Balaban J connectivity index is 1.94. The molecule has 1 fully saturated rings. The standard InChI is InChI=1S/C34H34Cl3F2N7O2/c1-8-22(47)45-17(5)13-44(14-18(45)6)32-19-11-21(35)29(23-24(36)26(38)27(39)28(41)25(23)37)42-33(19)46(34(48)20(32)12-40)31-16(4)9-10-43(7)30(31)15(2)3/h8-11,15,17-18,30H,1,13-14,41H2,2-7H3/t17-,18+,30?. The van der Waals surface area contributed by atoms with Crippen molar-refractivity contribution in [2.75, 3.05) is 30.8 Å². The van der Waals surface area contributed by atoms with Gasteiger partial charge in [-0.2, -0.15) is 5.26 Å². The predicted octanol–water partition coefficient (Wildman–Crippen LogP) is 7.08. The minimum absolute atomic E-state index is 0.00381. The Morgan fingerprint density at radius 3 is 2.35 bits per heavy atom. The Labute approximate surface area is 292 Å². The lowest BCUT2D eigenvalue weighted by Crippen LogP contribution is -2.58. The van der Waals surface area contributed by atoms with E-state index in [4.69, 9.17) is 45.5 Å². The van der Waals surface area contributed by atoms with E-state index in [1.807, 2.05) is 63.7 Å². The number of halogens is 5. The molecule has 2 aliphatic heterocycles. The van der Waals surface area contributed by atoms with Gasteiger partial charge in [-0.25, -0.2) is 13.8 Å². The highest BCUT2D eigenvalue weighted by Gasteiger charge is 2.37. The van der Waals surface area contributed by atoms with Gasteiger partial charge in [0.2, 0.25) is 5.91 Å². The van der Waals surface area contributed by atoms with Gasteiger partial charge in [0, 0.05) is 43.2 Å². The van der Waals surface area contributed by atoms with Crippen LogP contribution >= 0.6 is 34.8 Å². The number of hydrogen-bond donors (Lipinski definition) is 1. The maximum atomic E-state index is 15.0. The quantitative estimate of drug-likeness (QED) is 0.130. The monoisotopic (exact) mass is 715 g/mol. The Morgan fingerprint density at radius 2 is 1.79 bits per heavy atom. The van der Waals surface area contributed by atoms with E-state index in [1.54, 1.807) is 4.90 Å². The highest BCUT2D eigenvalue weighted by molar-refractivity contribution is 6.42. The number of anilines is 2. The van der Waals surface area contributed by atoms with Gasteiger partial charge in [0.05, 0.1) is 43.9 Å². The van der Waals surface area contributed by atoms with Crippen LogP contribution in [0.15, 0.2) is 41.4 Å². The molecular formula is C34H34Cl3F2N7O2. The molecule has 0 aliphatic carbocycles. The van der Waals surface area contributed by atoms with Gasteiger partial charge in [0.1, 0.15) is 17.3 Å². The van der Waals surface area contributed by atoms with Crippen molar-refractivity contribution in [3.8, 4) is 17.3 Å². The summed E-state index contributed by atoms with van der Waals surface area (Å²) in [5.74, 6) is -3.09. The molecule has 1 amide bonds. The van der Waals surface area contributed by atoms with Gasteiger partial charge in [-0.15, -0.1) is 0 Å². The summed E-state index contributed by atoms with van der Waals surface area (Å²) in [6.45, 7) is 13.8. The van der Waals surface area contributed by atoms with Crippen molar-refractivity contribution in [1.29, 1.82) is 5.26 Å². The molecule has 252 valence electrons. The van der Waals surface area contributed by atoms with Crippen molar-refractivity contribution < 1.29 is 13.6 Å². The minimum atomic E-state index is -1.43. The molecule has 0 spiro atoms. The number of hydrogen-bond acceptors (Lipinski definition) is 7. The largest absolute Gasteiger partial charge is 0.395 e. The first-order valence-corrected chi connectivity index (χ1v) is 16.3. The number of carbonyl (C=O) groups excluding carboxylic acids is 1. The molecule has 1 saturated heterocycles. The van der Waals surface area contributed by atoms with Crippen LogP contribution in [-0.2, 0) is 4.79 Å². The Bertz CT molecular complexity index is 2010. The van der Waals surface area contributed by atoms with Crippen LogP contribution in [0.4, 0.5) is 20.2 Å². The van der Waals surface area contributed by atoms with Crippen LogP contribution in [0.25, 0.3) is 28.0 Å². The number of rotatable bonds is 5. The van der Waals surface area contributed by atoms with Gasteiger partial charge in [-0.3, -0.25) is 14.2 Å². The van der Waals surface area contributed by atoms with E-state index in [0.29, 0.717) is 11.1 Å². The topological polar surface area (TPSA) is 111 Å². The van der Waals surface area contributed by atoms with E-state index in [0.717, 1.165) is 5.57 Å². The first kappa shape index (κ1) is 35.2. The fourth-order valence-corrected chi connectivity index (χ4v) is 7.76. The number of fused-ring (bicyclic) bond motifs is 1. The molecule has 14 heteroatoms. The molecule has 2 aromatic heterocycles. The Kier molecular flexibility index (Phi) is 9.58. The molecule has 0 bridgehead atoms. The minimum Gasteiger partial charge on any atom is -0.395 e. The fourth-order valence-electron chi connectivity index (χ4n) is 6.93. The number of nitriles is 1. The summed E-state index contributed by atoms with van der Waals surface area (Å²) in [7, 11) is 1.88. The molecule has 4 heterocycles. The molecule has 0 radical (unpaired) electrons. The molecule has 2 aliphatic rings. The van der Waals surface area contributed by atoms with Crippen molar-refractivity contribution in [3.63, 3.8) is 0 Å². The van der Waals surface area contributed by atoms with Crippen molar-refractivity contribution in [2.24, 2.45) is 5.92 Å². The fraction of sp³-hybridized carbons (Fsp3) is 0.353. The maximum absolute atomic E-state index is 15.0. The van der Waals surface area contributed by atoms with E-state index < -0.39 is 32.9 Å². The number of piperazine rings is 1. The van der Waals surface area contributed by atoms with Gasteiger partial charge < -0.3 is 20.4 Å². The molecule has 2 N–H and O–H groups in total. The Morgan fingerprint density at radius 1 is 1.17 bits per heavy atom. The summed E-state index contributed by atoms with van der Waals surface area (Å²) < 4.78 is 30.9. The van der Waals surface area contributed by atoms with Gasteiger partial charge in [0.25, 0.3) is 5.56 Å². The normalized spacial score (nSPS) is 19.8. The van der Waals surface area contributed by atoms with Crippen LogP contribution in [-0.4, -0.2) is 63.5 Å². The second-order valence-electron chi connectivity index (χ2n) is 12.5. The lowest BCUT2D eigenvalue weighted by Gasteiger charge is -2.45. The van der Waals surface area contributed by atoms with E-state index in [2.05, 4.69) is 12.6 Å². The second-order valence-corrected chi connectivity index (χ2v) is 13.7. The van der Waals surface area contributed by atoms with Crippen molar-refractivity contribution >= 4 is 68.8 Å². The number of nitrogen functional groups attached to an aromatic ring is 1. The summed E-state index contributed by atoms with van der Waals surface area (Å²) in [6.07, 6.45) is 5.01. The number of carbonyl (C=O) groups is 1. The number of benzene rings is 1. The predicted molar refractivity (Wildman–Crippen MR) is 188 cm³/mol. The van der Waals surface area contributed by atoms with Gasteiger partial charge in [-0.1, -0.05) is 55.2 Å². The Hall–Kier alpha value is -4.11. The molecule has 0 saturated carbocycles. The third kappa shape index (κ3) is 5.50. The van der Waals surface area contributed by atoms with E-state index in [1.165, 1.54) is 16.7 Å². The average Bonchev–Trinajstić information content (AvgIpc) is 3.03. The van der Waals surface area contributed by atoms with Crippen LogP contribution in [0, 0.1) is 28.9 Å². The van der Waals surface area contributed by atoms with E-state index in [-0.39, 0.29) is 76.2 Å². The highest BCUT2D eigenvalue weighted by Crippen LogP contribution is 2.45. The van der Waals surface area contributed by atoms with Crippen LogP contribution in [0.5, 0.6) is 0 Å². The third-order valence-corrected chi connectivity index (χ3v) is 9.98. The number of likely N-dealkylation sites (N-methyl/N-ethyl adjacent to an activating group) is 1. The van der Waals surface area contributed by atoms with Gasteiger partial charge in [0.15, 0.2) is 11.6 Å². The zero-order valence-corrected chi connectivity index (χ0v) is 29.5. The molecule has 5 rings (SSSR count). The van der Waals surface area contributed by atoms with Gasteiger partial charge in [-0.05, 0) is 56.7 Å². The van der Waals surface area contributed by atoms with Crippen molar-refractivity contribution in [1.82, 2.24) is 19.4 Å². The third-order valence-electron chi connectivity index (χ3n) is 8.94. The summed E-state index contributed by atoms with van der Waals surface area (Å²) in [5.41, 5.74) is 5.61. The van der Waals surface area contributed by atoms with E-state index >= 15 is 0 Å². The summed E-state index contributed by atoms with van der Waals surface area (Å²) in [4.78, 5) is 37.7. The SMILES string of the molecule is C=CC(=O)N1[C@H](C)CN(c2c(C#N)c(=O)n(C3=C(C)C=CN(C)C3C(C)C)c3nc(-c4c(Cl)c(N)c(F)c(F)c4Cl)c(Cl)cc23)C[C@@H]1C. The lowest BCUT2D eigenvalue weighted by molar-refractivity contribution is -0.130. The summed E-state index contributed by atoms with van der Waals surface area (Å²) in [6, 6.07) is 2.68. The average molecular weight is 717 g/mol. The van der Waals surface area contributed by atoms with Crippen molar-refractivity contribution in [3.05, 3.63) is 79.2 Å². The maximum Gasteiger partial charge on any atom is 0.276 e. The lowest BCUT2D eigenvalue weighted by atomic mass is 9.93. The molecule has 48 heavy (non-hydrogen) atoms. The number of amides is 1. The zero-order chi connectivity index (χ0) is 35.5. The van der Waals surface area contributed by atoms with Crippen LogP contribution in [0.2, 0.25) is 15.1 Å². The summed E-state index contributed by atoms with van der Waals surface area (Å²) in [5, 5.41) is 9.76.